The van der Waals surface area contributed by atoms with E-state index in [1.807, 2.05) is 25.1 Å². The van der Waals surface area contributed by atoms with Gasteiger partial charge in [0.05, 0.1) is 6.21 Å². The molecule has 8 heteroatoms. The van der Waals surface area contributed by atoms with Crippen LogP contribution in [-0.4, -0.2) is 36.6 Å². The van der Waals surface area contributed by atoms with Gasteiger partial charge in [0.1, 0.15) is 17.0 Å². The zero-order chi connectivity index (χ0) is 18.3. The number of hydrogen-bond donors (Lipinski definition) is 4. The maximum Gasteiger partial charge on any atom is 0.265 e. The SMILES string of the molecule is Cc1ccc2[nH]c3nc(N/N=C/c4c(C)cc(O)cc4O)nnc3c2c1. The Hall–Kier alpha value is -3.68. The summed E-state index contributed by atoms with van der Waals surface area (Å²) < 4.78 is 0. The van der Waals surface area contributed by atoms with E-state index in [2.05, 4.69) is 30.7 Å². The molecule has 0 saturated carbocycles. The molecule has 0 aliphatic carbocycles. The first kappa shape index (κ1) is 15.8. The Kier molecular flexibility index (Phi) is 3.65. The molecule has 0 saturated heterocycles. The molecule has 2 aromatic carbocycles. The van der Waals surface area contributed by atoms with Gasteiger partial charge in [-0.3, -0.25) is 0 Å². The first-order valence-electron chi connectivity index (χ1n) is 7.95. The molecule has 2 aromatic heterocycles. The topological polar surface area (TPSA) is 119 Å². The van der Waals surface area contributed by atoms with Gasteiger partial charge in [-0.25, -0.2) is 5.43 Å². The summed E-state index contributed by atoms with van der Waals surface area (Å²) in [6.45, 7) is 3.78. The first-order valence-corrected chi connectivity index (χ1v) is 7.95. The highest BCUT2D eigenvalue weighted by atomic mass is 16.3. The van der Waals surface area contributed by atoms with Crippen molar-refractivity contribution >= 4 is 34.2 Å². The summed E-state index contributed by atoms with van der Waals surface area (Å²) in [6.07, 6.45) is 1.44. The average Bonchev–Trinajstić information content (AvgIpc) is 2.94. The molecule has 0 amide bonds. The van der Waals surface area contributed by atoms with Crippen LogP contribution in [0.5, 0.6) is 11.5 Å². The average molecular weight is 348 g/mol. The molecule has 0 aliphatic heterocycles. The van der Waals surface area contributed by atoms with Crippen LogP contribution < -0.4 is 5.43 Å². The van der Waals surface area contributed by atoms with E-state index in [1.165, 1.54) is 18.3 Å². The smallest absolute Gasteiger partial charge is 0.265 e. The highest BCUT2D eigenvalue weighted by Crippen LogP contribution is 2.25. The van der Waals surface area contributed by atoms with Gasteiger partial charge in [-0.2, -0.15) is 10.1 Å². The van der Waals surface area contributed by atoms with E-state index in [-0.39, 0.29) is 17.4 Å². The van der Waals surface area contributed by atoms with Crippen molar-refractivity contribution in [3.05, 3.63) is 47.0 Å². The lowest BCUT2D eigenvalue weighted by molar-refractivity contribution is 0.449. The van der Waals surface area contributed by atoms with Gasteiger partial charge in [0.25, 0.3) is 5.95 Å². The van der Waals surface area contributed by atoms with E-state index in [0.717, 1.165) is 16.5 Å². The first-order chi connectivity index (χ1) is 12.5. The van der Waals surface area contributed by atoms with Gasteiger partial charge >= 0.3 is 0 Å². The van der Waals surface area contributed by atoms with E-state index in [1.54, 1.807) is 6.92 Å². The number of H-pyrrole nitrogens is 1. The fourth-order valence-corrected chi connectivity index (χ4v) is 2.82. The van der Waals surface area contributed by atoms with Gasteiger partial charge in [-0.15, -0.1) is 10.2 Å². The summed E-state index contributed by atoms with van der Waals surface area (Å²) in [5.74, 6) is 0.165. The monoisotopic (exact) mass is 348 g/mol. The molecular formula is C18H16N6O2. The molecule has 8 nitrogen and oxygen atoms in total. The van der Waals surface area contributed by atoms with Gasteiger partial charge in [-0.1, -0.05) is 11.6 Å². The second kappa shape index (κ2) is 5.99. The Morgan fingerprint density at radius 3 is 2.77 bits per heavy atom. The minimum absolute atomic E-state index is 0.00265. The van der Waals surface area contributed by atoms with E-state index < -0.39 is 0 Å². The molecule has 4 N–H and O–H groups in total. The highest BCUT2D eigenvalue weighted by molar-refractivity contribution is 6.03. The number of phenolic OH excluding ortho intramolecular Hbond substituents is 2. The molecule has 0 unspecified atom stereocenters. The molecule has 0 radical (unpaired) electrons. The fraction of sp³-hybridized carbons (Fsp3) is 0.111. The summed E-state index contributed by atoms with van der Waals surface area (Å²) in [4.78, 5) is 7.58. The fourth-order valence-electron chi connectivity index (χ4n) is 2.82. The standard InChI is InChI=1S/C18H16N6O2/c1-9-3-4-14-12(5-9)16-17(20-14)21-18(24-22-16)23-19-8-13-10(2)6-11(25)7-15(13)26/h3-8,25-26H,1-2H3,(H2,20,21,23,24)/b19-8+. The largest absolute Gasteiger partial charge is 0.508 e. The molecule has 130 valence electrons. The molecule has 0 aliphatic rings. The quantitative estimate of drug-likeness (QED) is 0.334. The van der Waals surface area contributed by atoms with Gasteiger partial charge in [0, 0.05) is 22.5 Å². The number of nitrogens with zero attached hydrogens (tertiary/aromatic N) is 4. The van der Waals surface area contributed by atoms with Crippen LogP contribution in [0.15, 0.2) is 35.4 Å². The summed E-state index contributed by atoms with van der Waals surface area (Å²) in [6, 6.07) is 8.82. The van der Waals surface area contributed by atoms with Crippen molar-refractivity contribution in [2.75, 3.05) is 5.43 Å². The molecule has 4 rings (SSSR count). The maximum atomic E-state index is 9.89. The Morgan fingerprint density at radius 2 is 1.96 bits per heavy atom. The van der Waals surface area contributed by atoms with E-state index in [4.69, 9.17) is 0 Å². The lowest BCUT2D eigenvalue weighted by atomic mass is 10.1. The normalized spacial score (nSPS) is 11.6. The second-order valence-electron chi connectivity index (χ2n) is 6.07. The number of phenols is 2. The molecule has 26 heavy (non-hydrogen) atoms. The van der Waals surface area contributed by atoms with Crippen LogP contribution in [0.3, 0.4) is 0 Å². The zero-order valence-electron chi connectivity index (χ0n) is 14.1. The molecule has 0 bridgehead atoms. The predicted octanol–water partition coefficient (Wildman–Crippen LogP) is 2.98. The molecule has 0 atom stereocenters. The summed E-state index contributed by atoms with van der Waals surface area (Å²) in [5.41, 5.74) is 7.27. The van der Waals surface area contributed by atoms with Crippen LogP contribution >= 0.6 is 0 Å². The van der Waals surface area contributed by atoms with Crippen LogP contribution in [0.2, 0.25) is 0 Å². The molecule has 0 spiro atoms. The minimum Gasteiger partial charge on any atom is -0.508 e. The van der Waals surface area contributed by atoms with Crippen molar-refractivity contribution in [2.45, 2.75) is 13.8 Å². The van der Waals surface area contributed by atoms with Crippen molar-refractivity contribution in [1.82, 2.24) is 20.2 Å². The van der Waals surface area contributed by atoms with Crippen LogP contribution in [0.4, 0.5) is 5.95 Å². The van der Waals surface area contributed by atoms with Crippen molar-refractivity contribution in [3.63, 3.8) is 0 Å². The van der Waals surface area contributed by atoms with E-state index in [9.17, 15) is 10.2 Å². The van der Waals surface area contributed by atoms with Gasteiger partial charge in [0.2, 0.25) is 0 Å². The lowest BCUT2D eigenvalue weighted by Crippen LogP contribution is -1.99. The maximum absolute atomic E-state index is 9.89. The third-order valence-electron chi connectivity index (χ3n) is 4.08. The minimum atomic E-state index is -0.0615. The predicted molar refractivity (Wildman–Crippen MR) is 99.7 cm³/mol. The Balaban J connectivity index is 1.63. The zero-order valence-corrected chi connectivity index (χ0v) is 14.1. The Labute approximate surface area is 148 Å². The van der Waals surface area contributed by atoms with Gasteiger partial charge in [-0.05, 0) is 37.6 Å². The lowest BCUT2D eigenvalue weighted by Gasteiger charge is -2.04. The number of aromatic amines is 1. The summed E-state index contributed by atoms with van der Waals surface area (Å²) in [5, 5.41) is 32.6. The molecular weight excluding hydrogens is 332 g/mol. The van der Waals surface area contributed by atoms with Crippen LogP contribution in [0.1, 0.15) is 16.7 Å². The number of aromatic hydroxyl groups is 2. The number of hydrogen-bond acceptors (Lipinski definition) is 7. The van der Waals surface area contributed by atoms with Crippen molar-refractivity contribution in [1.29, 1.82) is 0 Å². The Morgan fingerprint density at radius 1 is 1.12 bits per heavy atom. The van der Waals surface area contributed by atoms with Crippen LogP contribution in [0.25, 0.3) is 22.1 Å². The van der Waals surface area contributed by atoms with Gasteiger partial charge in [0.15, 0.2) is 5.65 Å². The van der Waals surface area contributed by atoms with E-state index in [0.29, 0.717) is 22.3 Å². The van der Waals surface area contributed by atoms with E-state index >= 15 is 0 Å². The molecule has 2 heterocycles. The number of rotatable bonds is 3. The third-order valence-corrected chi connectivity index (χ3v) is 4.08. The second-order valence-corrected chi connectivity index (χ2v) is 6.07. The van der Waals surface area contributed by atoms with Gasteiger partial charge < -0.3 is 15.2 Å². The Bertz CT molecular complexity index is 1140. The number of anilines is 1. The van der Waals surface area contributed by atoms with Crippen LogP contribution in [0, 0.1) is 13.8 Å². The summed E-state index contributed by atoms with van der Waals surface area (Å²) in [7, 11) is 0. The van der Waals surface area contributed by atoms with Crippen LogP contribution in [-0.2, 0) is 0 Å². The molecule has 0 fully saturated rings. The molecule has 4 aromatic rings. The van der Waals surface area contributed by atoms with Crippen molar-refractivity contribution in [3.8, 4) is 11.5 Å². The number of nitrogens with one attached hydrogen (secondary N) is 2. The third kappa shape index (κ3) is 2.77. The van der Waals surface area contributed by atoms with Crippen molar-refractivity contribution < 1.29 is 10.2 Å². The highest BCUT2D eigenvalue weighted by Gasteiger charge is 2.09. The number of aryl methyl sites for hydroxylation is 2. The van der Waals surface area contributed by atoms with Crippen molar-refractivity contribution in [2.24, 2.45) is 5.10 Å². The summed E-state index contributed by atoms with van der Waals surface area (Å²) >= 11 is 0. The number of benzene rings is 2. The number of hydrazone groups is 1. The number of aromatic nitrogens is 4. The number of fused-ring (bicyclic) bond motifs is 3.